The smallest absolute Gasteiger partial charge is 0.317 e. The van der Waals surface area contributed by atoms with E-state index in [4.69, 9.17) is 5.73 Å². The Kier molecular flexibility index (Phi) is 6.32. The van der Waals surface area contributed by atoms with Gasteiger partial charge >= 0.3 is 6.03 Å². The fourth-order valence-electron chi connectivity index (χ4n) is 1.25. The van der Waals surface area contributed by atoms with E-state index in [-0.39, 0.29) is 11.4 Å². The third-order valence-corrected chi connectivity index (χ3v) is 2.37. The predicted octanol–water partition coefficient (Wildman–Crippen LogP) is 1.41. The lowest BCUT2D eigenvalue weighted by Crippen LogP contribution is -2.46. The fourth-order valence-corrected chi connectivity index (χ4v) is 1.25. The molecule has 3 N–H and O–H groups in total. The van der Waals surface area contributed by atoms with Crippen LogP contribution in [0.5, 0.6) is 0 Å². The molecule has 0 fully saturated rings. The van der Waals surface area contributed by atoms with Gasteiger partial charge in [0.25, 0.3) is 0 Å². The van der Waals surface area contributed by atoms with E-state index >= 15 is 0 Å². The van der Waals surface area contributed by atoms with Crippen molar-refractivity contribution < 1.29 is 4.79 Å². The number of hydrogen-bond acceptors (Lipinski definition) is 2. The molecule has 0 aromatic carbocycles. The summed E-state index contributed by atoms with van der Waals surface area (Å²) in [6.45, 7) is 10.9. The molecule has 0 aromatic rings. The van der Waals surface area contributed by atoms with Crippen molar-refractivity contribution in [2.24, 2.45) is 11.1 Å². The van der Waals surface area contributed by atoms with Gasteiger partial charge in [-0.3, -0.25) is 0 Å². The summed E-state index contributed by atoms with van der Waals surface area (Å²) < 4.78 is 0. The SMILES string of the molecule is CCCNC(=O)N(CC)CC(C)(C)CN. The second kappa shape index (κ2) is 6.67. The Morgan fingerprint density at radius 2 is 2.00 bits per heavy atom. The molecule has 0 aliphatic rings. The number of carbonyl (C=O) groups is 1. The summed E-state index contributed by atoms with van der Waals surface area (Å²) in [4.78, 5) is 13.5. The number of amides is 2. The number of rotatable bonds is 6. The van der Waals surface area contributed by atoms with Crippen LogP contribution in [-0.2, 0) is 0 Å². The highest BCUT2D eigenvalue weighted by molar-refractivity contribution is 5.74. The molecular weight excluding hydrogens is 190 g/mol. The molecule has 4 nitrogen and oxygen atoms in total. The first kappa shape index (κ1) is 14.2. The predicted molar refractivity (Wildman–Crippen MR) is 63.8 cm³/mol. The Balaban J connectivity index is 4.17. The molecule has 90 valence electrons. The largest absolute Gasteiger partial charge is 0.338 e. The number of nitrogens with one attached hydrogen (secondary N) is 1. The van der Waals surface area contributed by atoms with Crippen molar-refractivity contribution in [3.63, 3.8) is 0 Å². The maximum atomic E-state index is 11.7. The van der Waals surface area contributed by atoms with Crippen LogP contribution in [0.2, 0.25) is 0 Å². The van der Waals surface area contributed by atoms with Crippen molar-refractivity contribution in [1.29, 1.82) is 0 Å². The Morgan fingerprint density at radius 1 is 1.40 bits per heavy atom. The third kappa shape index (κ3) is 5.62. The fraction of sp³-hybridized carbons (Fsp3) is 0.909. The van der Waals surface area contributed by atoms with E-state index in [9.17, 15) is 4.79 Å². The lowest BCUT2D eigenvalue weighted by Gasteiger charge is -2.31. The average molecular weight is 215 g/mol. The number of nitrogens with two attached hydrogens (primary N) is 1. The molecule has 0 bridgehead atoms. The van der Waals surface area contributed by atoms with Crippen LogP contribution in [0.15, 0.2) is 0 Å². The summed E-state index contributed by atoms with van der Waals surface area (Å²) in [6.07, 6.45) is 0.962. The molecule has 0 saturated carbocycles. The van der Waals surface area contributed by atoms with Gasteiger partial charge < -0.3 is 16.0 Å². The van der Waals surface area contributed by atoms with E-state index in [2.05, 4.69) is 19.2 Å². The third-order valence-electron chi connectivity index (χ3n) is 2.37. The van der Waals surface area contributed by atoms with E-state index in [0.717, 1.165) is 19.5 Å². The van der Waals surface area contributed by atoms with Gasteiger partial charge in [0, 0.05) is 19.6 Å². The summed E-state index contributed by atoms with van der Waals surface area (Å²) in [7, 11) is 0. The highest BCUT2D eigenvalue weighted by Gasteiger charge is 2.22. The summed E-state index contributed by atoms with van der Waals surface area (Å²) in [6, 6.07) is 0.0147. The second-order valence-corrected chi connectivity index (χ2v) is 4.61. The molecular formula is C11H25N3O. The minimum atomic E-state index is -0.0143. The summed E-state index contributed by atoms with van der Waals surface area (Å²) in [5, 5.41) is 2.88. The normalized spacial score (nSPS) is 11.3. The zero-order valence-corrected chi connectivity index (χ0v) is 10.5. The van der Waals surface area contributed by atoms with Crippen molar-refractivity contribution >= 4 is 6.03 Å². The lowest BCUT2D eigenvalue weighted by atomic mass is 9.93. The lowest BCUT2D eigenvalue weighted by molar-refractivity contribution is 0.173. The van der Waals surface area contributed by atoms with Gasteiger partial charge in [0.2, 0.25) is 0 Å². The highest BCUT2D eigenvalue weighted by Crippen LogP contribution is 2.14. The quantitative estimate of drug-likeness (QED) is 0.704. The van der Waals surface area contributed by atoms with Crippen LogP contribution in [0, 0.1) is 5.41 Å². The van der Waals surface area contributed by atoms with Crippen LogP contribution in [-0.4, -0.2) is 37.1 Å². The van der Waals surface area contributed by atoms with Crippen LogP contribution in [0.3, 0.4) is 0 Å². The second-order valence-electron chi connectivity index (χ2n) is 4.61. The first-order chi connectivity index (χ1) is 6.96. The van der Waals surface area contributed by atoms with E-state index in [1.807, 2.05) is 18.7 Å². The Hall–Kier alpha value is -0.770. The van der Waals surface area contributed by atoms with Crippen LogP contribution >= 0.6 is 0 Å². The average Bonchev–Trinajstić information content (AvgIpc) is 2.22. The van der Waals surface area contributed by atoms with E-state index in [1.54, 1.807) is 0 Å². The van der Waals surface area contributed by atoms with Crippen LogP contribution in [0.25, 0.3) is 0 Å². The molecule has 0 aromatic heterocycles. The molecule has 0 saturated heterocycles. The van der Waals surface area contributed by atoms with Crippen LogP contribution in [0.4, 0.5) is 4.79 Å². The summed E-state index contributed by atoms with van der Waals surface area (Å²) in [5.41, 5.74) is 5.64. The summed E-state index contributed by atoms with van der Waals surface area (Å²) >= 11 is 0. The van der Waals surface area contributed by atoms with Crippen molar-refractivity contribution in [2.45, 2.75) is 34.1 Å². The number of carbonyl (C=O) groups excluding carboxylic acids is 1. The molecule has 0 atom stereocenters. The minimum Gasteiger partial charge on any atom is -0.338 e. The van der Waals surface area contributed by atoms with Gasteiger partial charge in [-0.2, -0.15) is 0 Å². The first-order valence-electron chi connectivity index (χ1n) is 5.69. The van der Waals surface area contributed by atoms with Crippen molar-refractivity contribution in [1.82, 2.24) is 10.2 Å². The van der Waals surface area contributed by atoms with E-state index < -0.39 is 0 Å². The van der Waals surface area contributed by atoms with Gasteiger partial charge in [-0.15, -0.1) is 0 Å². The molecule has 0 unspecified atom stereocenters. The van der Waals surface area contributed by atoms with Crippen LogP contribution < -0.4 is 11.1 Å². The van der Waals surface area contributed by atoms with Crippen molar-refractivity contribution in [3.05, 3.63) is 0 Å². The molecule has 0 heterocycles. The van der Waals surface area contributed by atoms with Gasteiger partial charge in [0.15, 0.2) is 0 Å². The van der Waals surface area contributed by atoms with Crippen molar-refractivity contribution in [2.75, 3.05) is 26.2 Å². The maximum absolute atomic E-state index is 11.7. The summed E-state index contributed by atoms with van der Waals surface area (Å²) in [5.74, 6) is 0. The molecule has 4 heteroatoms. The maximum Gasteiger partial charge on any atom is 0.317 e. The Labute approximate surface area is 93.2 Å². The minimum absolute atomic E-state index is 0.0143. The number of urea groups is 1. The standard InChI is InChI=1S/C11H25N3O/c1-5-7-13-10(15)14(6-2)9-11(3,4)8-12/h5-9,12H2,1-4H3,(H,13,15). The van der Waals surface area contributed by atoms with Gasteiger partial charge in [-0.1, -0.05) is 20.8 Å². The topological polar surface area (TPSA) is 58.4 Å². The number of hydrogen-bond donors (Lipinski definition) is 2. The number of nitrogens with zero attached hydrogens (tertiary/aromatic N) is 1. The Bertz CT molecular complexity index is 192. The molecule has 0 spiro atoms. The van der Waals surface area contributed by atoms with E-state index in [0.29, 0.717) is 13.1 Å². The zero-order chi connectivity index (χ0) is 11.9. The van der Waals surface area contributed by atoms with Crippen molar-refractivity contribution in [3.8, 4) is 0 Å². The molecule has 0 radical (unpaired) electrons. The molecule has 2 amide bonds. The van der Waals surface area contributed by atoms with Gasteiger partial charge in [0.1, 0.15) is 0 Å². The highest BCUT2D eigenvalue weighted by atomic mass is 16.2. The van der Waals surface area contributed by atoms with Gasteiger partial charge in [-0.05, 0) is 25.3 Å². The van der Waals surface area contributed by atoms with E-state index in [1.165, 1.54) is 0 Å². The monoisotopic (exact) mass is 215 g/mol. The zero-order valence-electron chi connectivity index (χ0n) is 10.5. The van der Waals surface area contributed by atoms with Gasteiger partial charge in [-0.25, -0.2) is 4.79 Å². The first-order valence-corrected chi connectivity index (χ1v) is 5.69. The molecule has 0 aliphatic heterocycles. The molecule has 15 heavy (non-hydrogen) atoms. The Morgan fingerprint density at radius 3 is 2.40 bits per heavy atom. The molecule has 0 aliphatic carbocycles. The van der Waals surface area contributed by atoms with Gasteiger partial charge in [0.05, 0.1) is 0 Å². The molecule has 0 rings (SSSR count). The van der Waals surface area contributed by atoms with Crippen LogP contribution in [0.1, 0.15) is 34.1 Å².